The first-order valence-corrected chi connectivity index (χ1v) is 11.7. The van der Waals surface area contributed by atoms with Crippen molar-refractivity contribution in [2.24, 2.45) is 0 Å². The number of ether oxygens (including phenoxy) is 1. The fourth-order valence-corrected chi connectivity index (χ4v) is 5.01. The molecule has 2 unspecified atom stereocenters. The topological polar surface area (TPSA) is 267 Å². The monoisotopic (exact) mass is 593 g/mol. The second kappa shape index (κ2) is 15.7. The first-order chi connectivity index (χ1) is 14.2. The number of aliphatic hydroxyl groups is 2. The van der Waals surface area contributed by atoms with Gasteiger partial charge in [-0.25, -0.2) is 15.0 Å². The smallest absolute Gasteiger partial charge is 0.790 e. The quantitative estimate of drug-likeness (QED) is 0.189. The molecule has 1 fully saturated rings. The summed E-state index contributed by atoms with van der Waals surface area (Å²) in [6.45, 7) is -0.703. The largest absolute Gasteiger partial charge is 1.00 e. The standard InChI is InChI=1S/C10H18BN5O12P3.4Na/c11-29(19,27-31(23,24)28-30(20,21)22)25-1-4-6(17)7(18)10(26-4)16-3-15-5-8(12)13-2-14-9(5)16;;;;/h2-4,6-7,10,17-18H,1H2,11H3,(H,23,24)(H2,12,13,14)(H2,20,21,22);;;;/q-1;4*+1/p-3/t4-,6-,7-,10-,29?;;;;/m1..../s1. The van der Waals surface area contributed by atoms with Crippen molar-refractivity contribution < 1.29 is 175 Å². The zero-order chi connectivity index (χ0) is 23.2. The van der Waals surface area contributed by atoms with Crippen LogP contribution in [0.2, 0.25) is 0 Å². The summed E-state index contributed by atoms with van der Waals surface area (Å²) in [5.74, 6) is 0.0691. The number of aliphatic hydroxyl groups excluding tert-OH is 2. The third kappa shape index (κ3) is 10.9. The number of aromatic nitrogens is 4. The van der Waals surface area contributed by atoms with Crippen LogP contribution in [-0.4, -0.2) is 62.2 Å². The molecule has 0 amide bonds. The van der Waals surface area contributed by atoms with Crippen molar-refractivity contribution in [1.29, 1.82) is 0 Å². The molecule has 3 rings (SSSR count). The minimum atomic E-state index is -5.97. The second-order valence-electron chi connectivity index (χ2n) is 5.71. The van der Waals surface area contributed by atoms with Gasteiger partial charge >= 0.3 is 118 Å². The van der Waals surface area contributed by atoms with Crippen LogP contribution in [-0.2, 0) is 31.6 Å². The van der Waals surface area contributed by atoms with Crippen molar-refractivity contribution in [1.82, 2.24) is 19.5 Å². The van der Waals surface area contributed by atoms with Gasteiger partial charge < -0.3 is 49.0 Å². The van der Waals surface area contributed by atoms with Crippen LogP contribution in [0.4, 0.5) is 5.82 Å². The summed E-state index contributed by atoms with van der Waals surface area (Å²) in [6.07, 6.45) is -3.22. The maximum Gasteiger partial charge on any atom is 1.00 e. The SMILES string of the molecule is [BH3-]P(=O)(OC[C@H]1O[C@@H](n2cnc3c(N)ncnc32)[C@H](O)[C@@H]1O)OP(=O)([O-])OP(=O)([O-])[O-].[Na+].[Na+].[Na+].[Na+]. The van der Waals surface area contributed by atoms with E-state index in [9.17, 15) is 38.6 Å². The number of rotatable bonds is 8. The van der Waals surface area contributed by atoms with E-state index in [-0.39, 0.29) is 135 Å². The van der Waals surface area contributed by atoms with Crippen molar-refractivity contribution in [3.63, 3.8) is 0 Å². The zero-order valence-electron chi connectivity index (χ0n) is 18.4. The van der Waals surface area contributed by atoms with Crippen LogP contribution in [0.1, 0.15) is 6.23 Å². The average Bonchev–Trinajstić information content (AvgIpc) is 3.13. The van der Waals surface area contributed by atoms with Crippen molar-refractivity contribution in [3.8, 4) is 0 Å². The third-order valence-electron chi connectivity index (χ3n) is 3.71. The normalized spacial score (nSPS) is 25.2. The molecule has 0 radical (unpaired) electrons. The minimum Gasteiger partial charge on any atom is -0.790 e. The van der Waals surface area contributed by atoms with Crippen LogP contribution in [0.3, 0.4) is 0 Å². The molecule has 0 aliphatic carbocycles. The number of fused-ring (bicyclic) bond motifs is 1. The Bertz CT molecular complexity index is 1130. The van der Waals surface area contributed by atoms with E-state index in [1.54, 1.807) is 0 Å². The van der Waals surface area contributed by atoms with Gasteiger partial charge in [0, 0.05) is 0 Å². The van der Waals surface area contributed by atoms with Gasteiger partial charge in [0.15, 0.2) is 25.2 Å². The number of hydrogen-bond donors (Lipinski definition) is 3. The molecule has 0 aromatic carbocycles. The molecule has 0 saturated carbocycles. The summed E-state index contributed by atoms with van der Waals surface area (Å²) in [5.41, 5.74) is 6.10. The van der Waals surface area contributed by atoms with Crippen LogP contribution in [0.15, 0.2) is 12.7 Å². The molecule has 2 aromatic heterocycles. The molecule has 4 N–H and O–H groups in total. The van der Waals surface area contributed by atoms with E-state index in [0.717, 1.165) is 6.33 Å². The Balaban J connectivity index is 0. The van der Waals surface area contributed by atoms with E-state index >= 15 is 0 Å². The molecule has 35 heavy (non-hydrogen) atoms. The van der Waals surface area contributed by atoms with E-state index in [0.29, 0.717) is 0 Å². The molecular weight excluding hydrogens is 578 g/mol. The van der Waals surface area contributed by atoms with Gasteiger partial charge in [-0.3, -0.25) is 17.8 Å². The van der Waals surface area contributed by atoms with Crippen LogP contribution < -0.4 is 139 Å². The number of nitrogen functional groups attached to an aromatic ring is 1. The van der Waals surface area contributed by atoms with Gasteiger partial charge in [-0.15, -0.1) is 0 Å². The number of hydrogen-bond acceptors (Lipinski definition) is 16. The molecule has 1 saturated heterocycles. The minimum absolute atomic E-state index is 0. The Kier molecular flexibility index (Phi) is 17.9. The summed E-state index contributed by atoms with van der Waals surface area (Å²) >= 11 is 0. The van der Waals surface area contributed by atoms with Crippen LogP contribution >= 0.6 is 23.1 Å². The van der Waals surface area contributed by atoms with Gasteiger partial charge in [0.1, 0.15) is 30.2 Å². The van der Waals surface area contributed by atoms with Gasteiger partial charge in [-0.2, -0.15) is 0 Å². The molecule has 25 heteroatoms. The zero-order valence-corrected chi connectivity index (χ0v) is 29.0. The summed E-state index contributed by atoms with van der Waals surface area (Å²) in [6, 6.07) is 0. The van der Waals surface area contributed by atoms with Crippen molar-refractivity contribution >= 4 is 47.7 Å². The predicted molar refractivity (Wildman–Crippen MR) is 96.5 cm³/mol. The Labute approximate surface area is 287 Å². The number of anilines is 1. The number of nitrogens with zero attached hydrogens (tertiary/aromatic N) is 4. The van der Waals surface area contributed by atoms with E-state index in [1.165, 1.54) is 10.9 Å². The molecule has 1 aliphatic rings. The summed E-state index contributed by atoms with van der Waals surface area (Å²) < 4.78 is 53.1. The molecule has 0 bridgehead atoms. The Hall–Kier alpha value is 2.74. The average molecular weight is 593 g/mol. The first-order valence-electron chi connectivity index (χ1n) is 7.67. The molecule has 1 aliphatic heterocycles. The molecule has 17 nitrogen and oxygen atoms in total. The molecule has 0 spiro atoms. The molecule has 6 atom stereocenters. The first kappa shape index (κ1) is 39.9. The molecule has 2 aromatic rings. The fourth-order valence-electron chi connectivity index (χ4n) is 2.53. The summed E-state index contributed by atoms with van der Waals surface area (Å²) in [5, 5.41) is 20.5. The number of imidazole rings is 1. The molecule has 174 valence electrons. The van der Waals surface area contributed by atoms with E-state index in [2.05, 4.69) is 23.6 Å². The van der Waals surface area contributed by atoms with Gasteiger partial charge in [-0.05, 0) is 0 Å². The predicted octanol–water partition coefficient (Wildman–Crippen LogP) is -16.1. The van der Waals surface area contributed by atoms with Crippen molar-refractivity contribution in [2.75, 3.05) is 12.3 Å². The Morgan fingerprint density at radius 3 is 2.23 bits per heavy atom. The van der Waals surface area contributed by atoms with Crippen molar-refractivity contribution in [3.05, 3.63) is 12.7 Å². The number of nitrogens with two attached hydrogens (primary N) is 1. The van der Waals surface area contributed by atoms with E-state index in [1.807, 2.05) is 0 Å². The van der Waals surface area contributed by atoms with Crippen molar-refractivity contribution in [2.45, 2.75) is 24.5 Å². The Morgan fingerprint density at radius 2 is 1.66 bits per heavy atom. The van der Waals surface area contributed by atoms with Crippen LogP contribution in [0.25, 0.3) is 11.2 Å². The summed E-state index contributed by atoms with van der Waals surface area (Å²) in [4.78, 5) is 44.0. The fraction of sp³-hybridized carbons (Fsp3) is 0.500. The maximum absolute atomic E-state index is 12.3. The van der Waals surface area contributed by atoms with E-state index < -0.39 is 61.8 Å². The third-order valence-corrected chi connectivity index (χ3v) is 7.00. The van der Waals surface area contributed by atoms with Crippen LogP contribution in [0.5, 0.6) is 0 Å². The van der Waals surface area contributed by atoms with Gasteiger partial charge in [0.05, 0.1) is 28.3 Å². The van der Waals surface area contributed by atoms with Crippen LogP contribution in [0, 0.1) is 0 Å². The maximum atomic E-state index is 12.3. The Morgan fingerprint density at radius 1 is 1.06 bits per heavy atom. The molecule has 3 heterocycles. The van der Waals surface area contributed by atoms with Gasteiger partial charge in [0.2, 0.25) is 0 Å². The summed E-state index contributed by atoms with van der Waals surface area (Å²) in [7, 11) is -17.6. The second-order valence-corrected chi connectivity index (χ2v) is 9.51. The molecular formula is C10H15BN5Na4O12P3. The van der Waals surface area contributed by atoms with Gasteiger partial charge in [-0.1, -0.05) is 0 Å². The van der Waals surface area contributed by atoms with E-state index in [4.69, 9.17) is 15.0 Å². The number of phosphoric acid groups is 2. The van der Waals surface area contributed by atoms with Gasteiger partial charge in [0.25, 0.3) is 7.82 Å².